The zero-order chi connectivity index (χ0) is 23.4. The predicted octanol–water partition coefficient (Wildman–Crippen LogP) is 2.92. The lowest BCUT2D eigenvalue weighted by Crippen LogP contribution is -2.46. The molecule has 33 heavy (non-hydrogen) atoms. The van der Waals surface area contributed by atoms with Crippen molar-refractivity contribution >= 4 is 5.52 Å². The maximum atomic E-state index is 12.9. The predicted molar refractivity (Wildman–Crippen MR) is 131 cm³/mol. The van der Waals surface area contributed by atoms with Gasteiger partial charge in [0.25, 0.3) is 5.56 Å². The fourth-order valence-electron chi connectivity index (χ4n) is 4.56. The lowest BCUT2D eigenvalue weighted by atomic mass is 10.1. The number of imidazole rings is 1. The molecule has 0 unspecified atom stereocenters. The molecule has 0 spiro atoms. The van der Waals surface area contributed by atoms with Gasteiger partial charge in [0.2, 0.25) is 0 Å². The number of hydrogen-bond donors (Lipinski definition) is 1. The summed E-state index contributed by atoms with van der Waals surface area (Å²) in [4.78, 5) is 25.5. The van der Waals surface area contributed by atoms with Crippen LogP contribution in [0.5, 0.6) is 5.75 Å². The molecule has 0 bridgehead atoms. The minimum Gasteiger partial charge on any atom is -0.493 e. The minimum absolute atomic E-state index is 0.172. The summed E-state index contributed by atoms with van der Waals surface area (Å²) >= 11 is 0. The third kappa shape index (κ3) is 5.12. The quantitative estimate of drug-likeness (QED) is 0.538. The van der Waals surface area contributed by atoms with Gasteiger partial charge in [-0.1, -0.05) is 19.9 Å². The highest BCUT2D eigenvalue weighted by Crippen LogP contribution is 2.29. The molecule has 8 nitrogen and oxygen atoms in total. The SMILES string of the molecule is CCCc1nc(C)c2c(=O)[nH]c(-c3cc(CCN4CCN(CC)CC4)ccc3OCC)nn12. The number of ether oxygens (including phenoxy) is 1. The molecule has 8 heteroatoms. The Bertz CT molecular complexity index is 1140. The second kappa shape index (κ2) is 10.5. The van der Waals surface area contributed by atoms with E-state index in [0.29, 0.717) is 23.6 Å². The van der Waals surface area contributed by atoms with E-state index in [2.05, 4.69) is 45.7 Å². The number of rotatable bonds is 9. The molecule has 1 aliphatic rings. The zero-order valence-electron chi connectivity index (χ0n) is 20.4. The van der Waals surface area contributed by atoms with E-state index in [9.17, 15) is 4.79 Å². The number of hydrogen-bond acceptors (Lipinski definition) is 6. The van der Waals surface area contributed by atoms with Gasteiger partial charge in [0, 0.05) is 39.1 Å². The average Bonchev–Trinajstić information content (AvgIpc) is 3.14. The summed E-state index contributed by atoms with van der Waals surface area (Å²) in [7, 11) is 0. The summed E-state index contributed by atoms with van der Waals surface area (Å²) in [6.07, 6.45) is 2.66. The van der Waals surface area contributed by atoms with Crippen molar-refractivity contribution in [1.82, 2.24) is 29.4 Å². The lowest BCUT2D eigenvalue weighted by molar-refractivity contribution is 0.138. The van der Waals surface area contributed by atoms with Gasteiger partial charge in [-0.3, -0.25) is 4.79 Å². The van der Waals surface area contributed by atoms with Crippen LogP contribution in [0.1, 0.15) is 44.3 Å². The molecule has 4 rings (SSSR count). The highest BCUT2D eigenvalue weighted by atomic mass is 16.5. The number of nitrogens with zero attached hydrogens (tertiary/aromatic N) is 5. The molecule has 3 aromatic rings. The molecule has 1 aliphatic heterocycles. The zero-order valence-corrected chi connectivity index (χ0v) is 20.4. The third-order valence-electron chi connectivity index (χ3n) is 6.44. The van der Waals surface area contributed by atoms with Crippen molar-refractivity contribution in [3.05, 3.63) is 45.6 Å². The van der Waals surface area contributed by atoms with Gasteiger partial charge in [-0.25, -0.2) is 9.50 Å². The van der Waals surface area contributed by atoms with Crippen LogP contribution in [0.15, 0.2) is 23.0 Å². The second-order valence-corrected chi connectivity index (χ2v) is 8.72. The van der Waals surface area contributed by atoms with Crippen LogP contribution in [0.3, 0.4) is 0 Å². The summed E-state index contributed by atoms with van der Waals surface area (Å²) in [6.45, 7) is 15.4. The van der Waals surface area contributed by atoms with Crippen LogP contribution in [0.25, 0.3) is 16.9 Å². The number of H-pyrrole nitrogens is 1. The van der Waals surface area contributed by atoms with Gasteiger partial charge < -0.3 is 19.5 Å². The number of aryl methyl sites for hydroxylation is 2. The standard InChI is InChI=1S/C25H36N6O2/c1-5-8-22-26-18(4)23-25(32)27-24(28-31(22)23)20-17-19(9-10-21(20)33-7-3)11-12-30-15-13-29(6-2)14-16-30/h9-10,17H,5-8,11-16H2,1-4H3,(H,27,28,32). The van der Waals surface area contributed by atoms with Crippen molar-refractivity contribution < 1.29 is 4.74 Å². The molecular weight excluding hydrogens is 416 g/mol. The molecule has 1 fully saturated rings. The van der Waals surface area contributed by atoms with E-state index in [4.69, 9.17) is 9.84 Å². The van der Waals surface area contributed by atoms with Gasteiger partial charge in [0.05, 0.1) is 17.9 Å². The molecule has 1 aromatic carbocycles. The summed E-state index contributed by atoms with van der Waals surface area (Å²) < 4.78 is 7.61. The molecule has 0 amide bonds. The van der Waals surface area contributed by atoms with Crippen molar-refractivity contribution in [3.63, 3.8) is 0 Å². The molecular formula is C25H36N6O2. The topological polar surface area (TPSA) is 78.8 Å². The molecule has 2 aromatic heterocycles. The lowest BCUT2D eigenvalue weighted by Gasteiger charge is -2.34. The Kier molecular flexibility index (Phi) is 7.45. The molecule has 0 saturated carbocycles. The van der Waals surface area contributed by atoms with Crippen LogP contribution in [-0.4, -0.2) is 75.3 Å². The van der Waals surface area contributed by atoms with Gasteiger partial charge in [-0.05, 0) is 50.9 Å². The van der Waals surface area contributed by atoms with Crippen molar-refractivity contribution in [2.24, 2.45) is 0 Å². The van der Waals surface area contributed by atoms with Crippen LogP contribution in [0.4, 0.5) is 0 Å². The number of nitrogens with one attached hydrogen (secondary N) is 1. The fourth-order valence-corrected chi connectivity index (χ4v) is 4.56. The molecule has 1 N–H and O–H groups in total. The number of aromatic nitrogens is 4. The van der Waals surface area contributed by atoms with Gasteiger partial charge >= 0.3 is 0 Å². The van der Waals surface area contributed by atoms with Crippen LogP contribution < -0.4 is 10.3 Å². The second-order valence-electron chi connectivity index (χ2n) is 8.72. The van der Waals surface area contributed by atoms with Gasteiger partial charge in [0.15, 0.2) is 11.3 Å². The first-order valence-corrected chi connectivity index (χ1v) is 12.2. The molecule has 0 aliphatic carbocycles. The van der Waals surface area contributed by atoms with Crippen LogP contribution in [0, 0.1) is 6.92 Å². The van der Waals surface area contributed by atoms with Crippen molar-refractivity contribution in [2.75, 3.05) is 45.9 Å². The molecule has 0 atom stereocenters. The Morgan fingerprint density at radius 3 is 2.52 bits per heavy atom. The highest BCUT2D eigenvalue weighted by molar-refractivity contribution is 5.66. The first-order valence-electron chi connectivity index (χ1n) is 12.2. The Balaban J connectivity index is 1.64. The van der Waals surface area contributed by atoms with E-state index in [1.54, 1.807) is 4.52 Å². The number of aromatic amines is 1. The molecule has 1 saturated heterocycles. The Labute approximate surface area is 195 Å². The highest BCUT2D eigenvalue weighted by Gasteiger charge is 2.18. The summed E-state index contributed by atoms with van der Waals surface area (Å²) in [5.74, 6) is 2.07. The van der Waals surface area contributed by atoms with Crippen molar-refractivity contribution in [1.29, 1.82) is 0 Å². The smallest absolute Gasteiger partial charge is 0.277 e. The number of fused-ring (bicyclic) bond motifs is 1. The minimum atomic E-state index is -0.172. The van der Waals surface area contributed by atoms with E-state index in [-0.39, 0.29) is 5.56 Å². The summed E-state index contributed by atoms with van der Waals surface area (Å²) in [5, 5.41) is 4.80. The summed E-state index contributed by atoms with van der Waals surface area (Å²) in [5.41, 5.74) is 3.08. The monoisotopic (exact) mass is 452 g/mol. The number of likely N-dealkylation sites (N-methyl/N-ethyl adjacent to an activating group) is 1. The van der Waals surface area contributed by atoms with E-state index in [1.165, 1.54) is 5.56 Å². The first-order chi connectivity index (χ1) is 16.0. The van der Waals surface area contributed by atoms with E-state index >= 15 is 0 Å². The number of benzene rings is 1. The molecule has 3 heterocycles. The number of piperazine rings is 1. The fraction of sp³-hybridized carbons (Fsp3) is 0.560. The first kappa shape index (κ1) is 23.4. The van der Waals surface area contributed by atoms with E-state index in [0.717, 1.165) is 75.7 Å². The average molecular weight is 453 g/mol. The maximum Gasteiger partial charge on any atom is 0.277 e. The van der Waals surface area contributed by atoms with Crippen LogP contribution in [-0.2, 0) is 12.8 Å². The van der Waals surface area contributed by atoms with E-state index in [1.807, 2.05) is 19.9 Å². The van der Waals surface area contributed by atoms with Gasteiger partial charge in [-0.15, -0.1) is 5.10 Å². The molecule has 178 valence electrons. The largest absolute Gasteiger partial charge is 0.493 e. The van der Waals surface area contributed by atoms with Crippen LogP contribution >= 0.6 is 0 Å². The third-order valence-corrected chi connectivity index (χ3v) is 6.44. The Hall–Kier alpha value is -2.71. The van der Waals surface area contributed by atoms with Gasteiger partial charge in [-0.2, -0.15) is 0 Å². The van der Waals surface area contributed by atoms with E-state index < -0.39 is 0 Å². The van der Waals surface area contributed by atoms with Crippen molar-refractivity contribution in [3.8, 4) is 17.1 Å². The normalized spacial score (nSPS) is 15.4. The maximum absolute atomic E-state index is 12.9. The van der Waals surface area contributed by atoms with Crippen molar-refractivity contribution in [2.45, 2.75) is 47.0 Å². The Morgan fingerprint density at radius 2 is 1.82 bits per heavy atom. The Morgan fingerprint density at radius 1 is 1.06 bits per heavy atom. The van der Waals surface area contributed by atoms with Crippen LogP contribution in [0.2, 0.25) is 0 Å². The van der Waals surface area contributed by atoms with Gasteiger partial charge in [0.1, 0.15) is 11.6 Å². The molecule has 0 radical (unpaired) electrons. The summed E-state index contributed by atoms with van der Waals surface area (Å²) in [6, 6.07) is 6.23.